The lowest BCUT2D eigenvalue weighted by molar-refractivity contribution is -0.159. The molecule has 0 radical (unpaired) electrons. The van der Waals surface area contributed by atoms with Crippen molar-refractivity contribution in [1.82, 2.24) is 9.80 Å². The first-order valence-corrected chi connectivity index (χ1v) is 10.0. The third-order valence-corrected chi connectivity index (χ3v) is 5.33. The molecule has 1 fully saturated rings. The normalized spacial score (nSPS) is 15.3. The van der Waals surface area contributed by atoms with Crippen LogP contribution in [0, 0.1) is 19.7 Å². The summed E-state index contributed by atoms with van der Waals surface area (Å²) < 4.78 is 13.1. The van der Waals surface area contributed by atoms with Crippen LogP contribution in [0.1, 0.15) is 30.0 Å². The first-order chi connectivity index (χ1) is 14.3. The largest absolute Gasteiger partial charge is 0.328 e. The number of benzene rings is 2. The molecule has 0 aliphatic carbocycles. The summed E-state index contributed by atoms with van der Waals surface area (Å²) in [6.07, 6.45) is 0.397. The molecule has 0 bridgehead atoms. The fourth-order valence-corrected chi connectivity index (χ4v) is 3.67. The van der Waals surface area contributed by atoms with Crippen molar-refractivity contribution >= 4 is 23.4 Å². The summed E-state index contributed by atoms with van der Waals surface area (Å²) in [5.74, 6) is -2.00. The van der Waals surface area contributed by atoms with E-state index in [0.29, 0.717) is 18.7 Å². The Labute approximate surface area is 175 Å². The molecular weight excluding hydrogens is 385 g/mol. The van der Waals surface area contributed by atoms with Gasteiger partial charge in [0.2, 0.25) is 5.91 Å². The minimum atomic E-state index is -0.727. The Morgan fingerprint density at radius 2 is 1.77 bits per heavy atom. The number of aryl methyl sites for hydroxylation is 2. The molecule has 1 atom stereocenters. The molecule has 1 heterocycles. The van der Waals surface area contributed by atoms with E-state index in [-0.39, 0.29) is 24.8 Å². The van der Waals surface area contributed by atoms with Gasteiger partial charge in [-0.05, 0) is 49.6 Å². The van der Waals surface area contributed by atoms with Crippen LogP contribution in [0.3, 0.4) is 0 Å². The Hall–Kier alpha value is -3.22. The summed E-state index contributed by atoms with van der Waals surface area (Å²) in [7, 11) is 0. The molecule has 0 aromatic heterocycles. The van der Waals surface area contributed by atoms with Crippen LogP contribution in [0.4, 0.5) is 10.1 Å². The highest BCUT2D eigenvalue weighted by molar-refractivity contribution is 6.35. The maximum atomic E-state index is 13.1. The molecule has 0 spiro atoms. The smallest absolute Gasteiger partial charge is 0.312 e. The molecule has 30 heavy (non-hydrogen) atoms. The lowest BCUT2D eigenvalue weighted by atomic mass is 10.1. The van der Waals surface area contributed by atoms with Crippen molar-refractivity contribution in [2.24, 2.45) is 0 Å². The molecule has 1 saturated heterocycles. The molecule has 1 aliphatic heterocycles. The van der Waals surface area contributed by atoms with Gasteiger partial charge in [0.05, 0.1) is 0 Å². The fourth-order valence-electron chi connectivity index (χ4n) is 3.67. The highest BCUT2D eigenvalue weighted by Crippen LogP contribution is 2.19. The summed E-state index contributed by atoms with van der Waals surface area (Å²) in [6, 6.07) is 10.8. The van der Waals surface area contributed by atoms with E-state index in [1.165, 1.54) is 21.9 Å². The summed E-state index contributed by atoms with van der Waals surface area (Å²) in [5.41, 5.74) is 3.46. The topological polar surface area (TPSA) is 69.7 Å². The van der Waals surface area contributed by atoms with E-state index in [1.54, 1.807) is 12.1 Å². The van der Waals surface area contributed by atoms with Crippen molar-refractivity contribution in [2.45, 2.75) is 39.8 Å². The third-order valence-electron chi connectivity index (χ3n) is 5.33. The molecule has 6 nitrogen and oxygen atoms in total. The van der Waals surface area contributed by atoms with Crippen molar-refractivity contribution in [1.29, 1.82) is 0 Å². The number of carbonyl (C=O) groups excluding carboxylic acids is 3. The van der Waals surface area contributed by atoms with Crippen LogP contribution in [0.2, 0.25) is 0 Å². The number of halogens is 1. The zero-order chi connectivity index (χ0) is 21.8. The number of carbonyl (C=O) groups is 3. The number of nitrogens with one attached hydrogen (secondary N) is 1. The van der Waals surface area contributed by atoms with Gasteiger partial charge in [0, 0.05) is 25.3 Å². The molecule has 158 valence electrons. The van der Waals surface area contributed by atoms with Gasteiger partial charge in [0.25, 0.3) is 0 Å². The van der Waals surface area contributed by atoms with Crippen molar-refractivity contribution in [3.8, 4) is 0 Å². The van der Waals surface area contributed by atoms with Crippen LogP contribution >= 0.6 is 0 Å². The van der Waals surface area contributed by atoms with E-state index >= 15 is 0 Å². The van der Waals surface area contributed by atoms with Gasteiger partial charge in [0.15, 0.2) is 0 Å². The second kappa shape index (κ2) is 9.07. The van der Waals surface area contributed by atoms with E-state index in [4.69, 9.17) is 0 Å². The summed E-state index contributed by atoms with van der Waals surface area (Å²) in [4.78, 5) is 41.0. The number of nitrogens with zero attached hydrogens (tertiary/aromatic N) is 2. The Kier molecular flexibility index (Phi) is 6.50. The Morgan fingerprint density at radius 1 is 1.07 bits per heavy atom. The van der Waals surface area contributed by atoms with Gasteiger partial charge in [-0.1, -0.05) is 36.8 Å². The first-order valence-electron chi connectivity index (χ1n) is 10.0. The Balaban J connectivity index is 1.68. The zero-order valence-electron chi connectivity index (χ0n) is 17.4. The third kappa shape index (κ3) is 4.67. The van der Waals surface area contributed by atoms with Crippen LogP contribution < -0.4 is 5.32 Å². The minimum Gasteiger partial charge on any atom is -0.328 e. The van der Waals surface area contributed by atoms with Crippen LogP contribution in [-0.4, -0.2) is 46.7 Å². The molecule has 3 amide bonds. The highest BCUT2D eigenvalue weighted by atomic mass is 19.1. The fraction of sp³-hybridized carbons (Fsp3) is 0.348. The van der Waals surface area contributed by atoms with E-state index in [9.17, 15) is 18.8 Å². The number of hydrogen-bond acceptors (Lipinski definition) is 3. The van der Waals surface area contributed by atoms with E-state index in [1.807, 2.05) is 39.0 Å². The molecule has 3 rings (SSSR count). The van der Waals surface area contributed by atoms with Gasteiger partial charge in [-0.15, -0.1) is 0 Å². The number of piperazine rings is 1. The first kappa shape index (κ1) is 21.5. The van der Waals surface area contributed by atoms with Gasteiger partial charge in [-0.25, -0.2) is 4.39 Å². The second-order valence-electron chi connectivity index (χ2n) is 7.58. The monoisotopic (exact) mass is 411 g/mol. The number of hydrogen-bond donors (Lipinski definition) is 1. The van der Waals surface area contributed by atoms with Crippen molar-refractivity contribution < 1.29 is 18.8 Å². The maximum absolute atomic E-state index is 13.1. The highest BCUT2D eigenvalue weighted by Gasteiger charge is 2.38. The quantitative estimate of drug-likeness (QED) is 0.743. The number of amides is 3. The molecule has 2 aromatic carbocycles. The standard InChI is InChI=1S/C23H26FN3O3/c1-4-20(21(28)25-19-10-5-15(2)13-16(19)3)27-12-11-26(22(29)23(27)30)14-17-6-8-18(24)9-7-17/h5-10,13,20H,4,11-12,14H2,1-3H3,(H,25,28)/t20-/m1/s1. The average Bonchev–Trinajstić information content (AvgIpc) is 2.71. The van der Waals surface area contributed by atoms with Gasteiger partial charge in [0.1, 0.15) is 11.9 Å². The second-order valence-corrected chi connectivity index (χ2v) is 7.58. The number of anilines is 1. The Bertz CT molecular complexity index is 959. The summed E-state index contributed by atoms with van der Waals surface area (Å²) in [5, 5.41) is 2.88. The molecule has 7 heteroatoms. The molecular formula is C23H26FN3O3. The van der Waals surface area contributed by atoms with Crippen molar-refractivity contribution in [3.63, 3.8) is 0 Å². The molecule has 0 saturated carbocycles. The molecule has 1 aliphatic rings. The molecule has 2 aromatic rings. The van der Waals surface area contributed by atoms with E-state index < -0.39 is 17.9 Å². The lowest BCUT2D eigenvalue weighted by Crippen LogP contribution is -2.59. The predicted octanol–water partition coefficient (Wildman–Crippen LogP) is 3.03. The van der Waals surface area contributed by atoms with Crippen molar-refractivity contribution in [3.05, 3.63) is 65.0 Å². The van der Waals surface area contributed by atoms with Gasteiger partial charge in [-0.3, -0.25) is 14.4 Å². The maximum Gasteiger partial charge on any atom is 0.312 e. The van der Waals surface area contributed by atoms with Gasteiger partial charge in [-0.2, -0.15) is 0 Å². The zero-order valence-corrected chi connectivity index (χ0v) is 17.4. The van der Waals surface area contributed by atoms with Crippen LogP contribution in [0.15, 0.2) is 42.5 Å². The van der Waals surface area contributed by atoms with Crippen molar-refractivity contribution in [2.75, 3.05) is 18.4 Å². The van der Waals surface area contributed by atoms with E-state index in [2.05, 4.69) is 5.32 Å². The van der Waals surface area contributed by atoms with Crippen LogP contribution in [0.5, 0.6) is 0 Å². The van der Waals surface area contributed by atoms with Gasteiger partial charge < -0.3 is 15.1 Å². The van der Waals surface area contributed by atoms with Gasteiger partial charge >= 0.3 is 11.8 Å². The lowest BCUT2D eigenvalue weighted by Gasteiger charge is -2.37. The molecule has 1 N–H and O–H groups in total. The van der Waals surface area contributed by atoms with Crippen LogP contribution in [0.25, 0.3) is 0 Å². The molecule has 0 unspecified atom stereocenters. The number of rotatable bonds is 6. The summed E-state index contributed by atoms with van der Waals surface area (Å²) >= 11 is 0. The average molecular weight is 411 g/mol. The summed E-state index contributed by atoms with van der Waals surface area (Å²) in [6.45, 7) is 6.51. The minimum absolute atomic E-state index is 0.226. The Morgan fingerprint density at radius 3 is 2.40 bits per heavy atom. The predicted molar refractivity (Wildman–Crippen MR) is 112 cm³/mol. The van der Waals surface area contributed by atoms with Crippen LogP contribution in [-0.2, 0) is 20.9 Å². The van der Waals surface area contributed by atoms with E-state index in [0.717, 1.165) is 16.7 Å². The SMILES string of the molecule is CC[C@H](C(=O)Nc1ccc(C)cc1C)N1CCN(Cc2ccc(F)cc2)C(=O)C1=O.